The normalized spacial score (nSPS) is 31.3. The zero-order valence-corrected chi connectivity index (χ0v) is 14.5. The molecule has 0 aromatic heterocycles. The first kappa shape index (κ1) is 17.3. The van der Waals surface area contributed by atoms with Crippen LogP contribution in [0.1, 0.15) is 103 Å². The lowest BCUT2D eigenvalue weighted by molar-refractivity contribution is 0.260. The zero-order valence-electron chi connectivity index (χ0n) is 14.5. The Morgan fingerprint density at radius 1 is 0.667 bits per heavy atom. The molecule has 21 heavy (non-hydrogen) atoms. The highest BCUT2D eigenvalue weighted by molar-refractivity contribution is 4.75. The van der Waals surface area contributed by atoms with Crippen LogP contribution in [-0.2, 0) is 0 Å². The second-order valence-electron chi connectivity index (χ2n) is 8.00. The van der Waals surface area contributed by atoms with Gasteiger partial charge in [0.25, 0.3) is 0 Å². The molecule has 0 amide bonds. The fourth-order valence-corrected chi connectivity index (χ4v) is 4.45. The summed E-state index contributed by atoms with van der Waals surface area (Å²) in [4.78, 5) is 0. The molecule has 2 atom stereocenters. The minimum atomic E-state index is 0.821. The van der Waals surface area contributed by atoms with Gasteiger partial charge in [-0.1, -0.05) is 77.6 Å². The maximum atomic E-state index is 3.96. The Hall–Kier alpha value is -0.0400. The van der Waals surface area contributed by atoms with Gasteiger partial charge in [-0.25, -0.2) is 0 Å². The van der Waals surface area contributed by atoms with Gasteiger partial charge < -0.3 is 5.32 Å². The lowest BCUT2D eigenvalue weighted by Gasteiger charge is -2.29. The third-order valence-electron chi connectivity index (χ3n) is 5.85. The lowest BCUT2D eigenvalue weighted by atomic mass is 9.82. The first-order chi connectivity index (χ1) is 10.3. The van der Waals surface area contributed by atoms with Crippen molar-refractivity contribution in [2.75, 3.05) is 6.54 Å². The summed E-state index contributed by atoms with van der Waals surface area (Å²) in [5.41, 5.74) is 0. The van der Waals surface area contributed by atoms with Crippen LogP contribution in [0.3, 0.4) is 0 Å². The number of nitrogens with one attached hydrogen (secondary N) is 1. The summed E-state index contributed by atoms with van der Waals surface area (Å²) in [7, 11) is 0. The van der Waals surface area contributed by atoms with Gasteiger partial charge in [0, 0.05) is 6.04 Å². The molecular formula is C20H39N. The average molecular weight is 294 g/mol. The molecule has 2 rings (SSSR count). The summed E-state index contributed by atoms with van der Waals surface area (Å²) in [6.07, 6.45) is 22.0. The smallest absolute Gasteiger partial charge is 0.00671 e. The maximum Gasteiger partial charge on any atom is 0.00671 e. The molecule has 0 radical (unpaired) electrons. The molecule has 2 aliphatic carbocycles. The molecule has 1 N–H and O–H groups in total. The third kappa shape index (κ3) is 7.68. The second-order valence-corrected chi connectivity index (χ2v) is 8.00. The van der Waals surface area contributed by atoms with Gasteiger partial charge in [0.1, 0.15) is 0 Å². The summed E-state index contributed by atoms with van der Waals surface area (Å²) in [5, 5.41) is 3.96. The predicted octanol–water partition coefficient (Wildman–Crippen LogP) is 6.08. The fraction of sp³-hybridized carbons (Fsp3) is 1.00. The second kappa shape index (κ2) is 10.6. The van der Waals surface area contributed by atoms with Gasteiger partial charge in [0.2, 0.25) is 0 Å². The van der Waals surface area contributed by atoms with Gasteiger partial charge in [-0.2, -0.15) is 0 Å². The molecule has 0 heterocycles. The Morgan fingerprint density at radius 2 is 1.24 bits per heavy atom. The molecule has 1 heteroatoms. The van der Waals surface area contributed by atoms with Crippen LogP contribution in [0.15, 0.2) is 0 Å². The number of hydrogen-bond donors (Lipinski definition) is 1. The summed E-state index contributed by atoms with van der Waals surface area (Å²) in [5.74, 6) is 1.94. The molecule has 2 fully saturated rings. The average Bonchev–Trinajstić information content (AvgIpc) is 2.47. The number of hydrogen-bond acceptors (Lipinski definition) is 1. The molecule has 2 unspecified atom stereocenters. The van der Waals surface area contributed by atoms with E-state index in [-0.39, 0.29) is 0 Å². The van der Waals surface area contributed by atoms with Crippen LogP contribution in [0.4, 0.5) is 0 Å². The Balaban J connectivity index is 1.67. The van der Waals surface area contributed by atoms with Gasteiger partial charge in [-0.05, 0) is 44.1 Å². The topological polar surface area (TPSA) is 12.0 Å². The van der Waals surface area contributed by atoms with E-state index in [0.717, 1.165) is 17.9 Å². The molecule has 0 aromatic carbocycles. The van der Waals surface area contributed by atoms with Crippen LogP contribution in [0.5, 0.6) is 0 Å². The van der Waals surface area contributed by atoms with Crippen LogP contribution >= 0.6 is 0 Å². The molecule has 0 spiro atoms. The van der Waals surface area contributed by atoms with Crippen LogP contribution < -0.4 is 5.32 Å². The van der Waals surface area contributed by atoms with Crippen LogP contribution in [0.25, 0.3) is 0 Å². The van der Waals surface area contributed by atoms with Gasteiger partial charge in [-0.3, -0.25) is 0 Å². The minimum absolute atomic E-state index is 0.821. The molecule has 0 aromatic rings. The summed E-state index contributed by atoms with van der Waals surface area (Å²) in [6, 6.07) is 0.821. The first-order valence-corrected chi connectivity index (χ1v) is 10.1. The van der Waals surface area contributed by atoms with E-state index in [1.54, 1.807) is 0 Å². The zero-order chi connectivity index (χ0) is 14.8. The van der Waals surface area contributed by atoms with Gasteiger partial charge in [-0.15, -0.1) is 0 Å². The minimum Gasteiger partial charge on any atom is -0.314 e. The van der Waals surface area contributed by atoms with Gasteiger partial charge in [0.05, 0.1) is 0 Å². The van der Waals surface area contributed by atoms with Crippen molar-refractivity contribution in [2.24, 2.45) is 11.8 Å². The Kier molecular flexibility index (Phi) is 8.78. The highest BCUT2D eigenvalue weighted by Gasteiger charge is 2.19. The third-order valence-corrected chi connectivity index (χ3v) is 5.85. The van der Waals surface area contributed by atoms with E-state index < -0.39 is 0 Å². The monoisotopic (exact) mass is 293 g/mol. The first-order valence-electron chi connectivity index (χ1n) is 10.1. The maximum absolute atomic E-state index is 3.96. The van der Waals surface area contributed by atoms with Crippen molar-refractivity contribution in [3.63, 3.8) is 0 Å². The molecule has 2 saturated carbocycles. The van der Waals surface area contributed by atoms with Crippen molar-refractivity contribution < 1.29 is 0 Å². The van der Waals surface area contributed by atoms with Crippen molar-refractivity contribution in [1.82, 2.24) is 5.32 Å². The van der Waals surface area contributed by atoms with Gasteiger partial charge >= 0.3 is 0 Å². The van der Waals surface area contributed by atoms with Crippen molar-refractivity contribution >= 4 is 0 Å². The van der Waals surface area contributed by atoms with Crippen LogP contribution in [0.2, 0.25) is 0 Å². The van der Waals surface area contributed by atoms with E-state index in [1.165, 1.54) is 103 Å². The van der Waals surface area contributed by atoms with E-state index >= 15 is 0 Å². The largest absolute Gasteiger partial charge is 0.314 e. The molecule has 0 saturated heterocycles. The summed E-state index contributed by atoms with van der Waals surface area (Å²) < 4.78 is 0. The van der Waals surface area contributed by atoms with E-state index in [0.29, 0.717) is 0 Å². The Morgan fingerprint density at radius 3 is 1.81 bits per heavy atom. The molecule has 2 aliphatic rings. The van der Waals surface area contributed by atoms with E-state index in [9.17, 15) is 0 Å². The summed E-state index contributed by atoms with van der Waals surface area (Å²) in [6.45, 7) is 3.75. The standard InChI is InChI=1S/C20H39N/c1-18-12-11-13-19(16-18)17-21-20-14-9-7-5-3-2-4-6-8-10-15-20/h18-21H,2-17H2,1H3. The summed E-state index contributed by atoms with van der Waals surface area (Å²) >= 11 is 0. The molecule has 0 aliphatic heterocycles. The predicted molar refractivity (Wildman–Crippen MR) is 93.7 cm³/mol. The Bertz CT molecular complexity index is 238. The lowest BCUT2D eigenvalue weighted by Crippen LogP contribution is -2.35. The highest BCUT2D eigenvalue weighted by atomic mass is 14.9. The van der Waals surface area contributed by atoms with E-state index in [4.69, 9.17) is 0 Å². The van der Waals surface area contributed by atoms with Crippen molar-refractivity contribution in [3.8, 4) is 0 Å². The molecule has 1 nitrogen and oxygen atoms in total. The van der Waals surface area contributed by atoms with Crippen LogP contribution in [0, 0.1) is 11.8 Å². The van der Waals surface area contributed by atoms with E-state index in [1.807, 2.05) is 0 Å². The van der Waals surface area contributed by atoms with Crippen molar-refractivity contribution in [3.05, 3.63) is 0 Å². The molecule has 0 bridgehead atoms. The highest BCUT2D eigenvalue weighted by Crippen LogP contribution is 2.28. The van der Waals surface area contributed by atoms with E-state index in [2.05, 4.69) is 12.2 Å². The molecule has 124 valence electrons. The fourth-order valence-electron chi connectivity index (χ4n) is 4.45. The quantitative estimate of drug-likeness (QED) is 0.665. The SMILES string of the molecule is CC1CCCC(CNC2CCCCCCCCCCC2)C1. The van der Waals surface area contributed by atoms with Gasteiger partial charge in [0.15, 0.2) is 0 Å². The number of rotatable bonds is 3. The van der Waals surface area contributed by atoms with Crippen LogP contribution in [-0.4, -0.2) is 12.6 Å². The van der Waals surface area contributed by atoms with Crippen molar-refractivity contribution in [2.45, 2.75) is 109 Å². The Labute approximate surface area is 133 Å². The van der Waals surface area contributed by atoms with Crippen molar-refractivity contribution in [1.29, 1.82) is 0 Å². The molecular weight excluding hydrogens is 254 g/mol.